The van der Waals surface area contributed by atoms with E-state index in [0.717, 1.165) is 4.57 Å². The number of ether oxygens (including phenoxy) is 1. The Balaban J connectivity index is 2.26. The number of carbonyl (C=O) groups is 1. The third kappa shape index (κ3) is 4.30. The number of methoxy groups -OCH3 is 1. The number of aromatic nitrogens is 2. The van der Waals surface area contributed by atoms with E-state index in [1.54, 1.807) is 18.0 Å². The summed E-state index contributed by atoms with van der Waals surface area (Å²) in [6.07, 6.45) is 0.624. The van der Waals surface area contributed by atoms with E-state index in [-0.39, 0.29) is 30.2 Å². The molecular weight excluding hydrogens is 367 g/mol. The van der Waals surface area contributed by atoms with Gasteiger partial charge in [-0.3, -0.25) is 23.6 Å². The zero-order valence-corrected chi connectivity index (χ0v) is 16.5. The lowest BCUT2D eigenvalue weighted by molar-refractivity contribution is 0.0941. The summed E-state index contributed by atoms with van der Waals surface area (Å²) < 4.78 is 20.8. The number of hydrogen-bond acceptors (Lipinski definition) is 6. The summed E-state index contributed by atoms with van der Waals surface area (Å²) in [5.74, 6) is -0.982. The minimum atomic E-state index is -0.719. The van der Waals surface area contributed by atoms with Gasteiger partial charge in [0.05, 0.1) is 13.7 Å². The average Bonchev–Trinajstić information content (AvgIpc) is 2.63. The van der Waals surface area contributed by atoms with Crippen molar-refractivity contribution < 1.29 is 13.9 Å². The number of nitrogens with zero attached hydrogens (tertiary/aromatic N) is 3. The zero-order chi connectivity index (χ0) is 21.0. The lowest BCUT2D eigenvalue weighted by Crippen LogP contribution is -2.43. The lowest BCUT2D eigenvalue weighted by Gasteiger charge is -2.18. The highest BCUT2D eigenvalue weighted by atomic mass is 19.1. The predicted octanol–water partition coefficient (Wildman–Crippen LogP) is 1.00. The molecule has 0 saturated heterocycles. The Hall–Kier alpha value is -2.94. The van der Waals surface area contributed by atoms with E-state index < -0.39 is 22.8 Å². The fourth-order valence-electron chi connectivity index (χ4n) is 2.99. The van der Waals surface area contributed by atoms with Crippen LogP contribution in [0, 0.1) is 5.82 Å². The van der Waals surface area contributed by atoms with Crippen LogP contribution in [-0.4, -0.2) is 40.5 Å². The minimum Gasteiger partial charge on any atom is -0.494 e. The number of Topliss-reactive ketones (excluding diaryl/α,β-unsaturated/α-hetero) is 1. The van der Waals surface area contributed by atoms with Crippen molar-refractivity contribution in [1.82, 2.24) is 14.0 Å². The van der Waals surface area contributed by atoms with Gasteiger partial charge in [-0.25, -0.2) is 9.18 Å². The molecule has 0 saturated carbocycles. The topological polar surface area (TPSA) is 99.6 Å². The molecule has 0 bridgehead atoms. The van der Waals surface area contributed by atoms with Gasteiger partial charge in [-0.1, -0.05) is 13.0 Å². The minimum absolute atomic E-state index is 0.114. The van der Waals surface area contributed by atoms with Gasteiger partial charge in [0.2, 0.25) is 0 Å². The van der Waals surface area contributed by atoms with Crippen molar-refractivity contribution in [3.63, 3.8) is 0 Å². The number of anilines is 1. The number of nitrogen functional groups attached to an aromatic ring is 1. The molecule has 0 aliphatic carbocycles. The van der Waals surface area contributed by atoms with Crippen molar-refractivity contribution in [2.45, 2.75) is 26.4 Å². The first-order valence-corrected chi connectivity index (χ1v) is 8.84. The molecule has 8 nitrogen and oxygen atoms in total. The highest BCUT2D eigenvalue weighted by Crippen LogP contribution is 2.18. The number of halogens is 1. The van der Waals surface area contributed by atoms with Crippen LogP contribution in [0.3, 0.4) is 0 Å². The van der Waals surface area contributed by atoms with E-state index >= 15 is 0 Å². The van der Waals surface area contributed by atoms with Crippen LogP contribution in [0.15, 0.2) is 27.8 Å². The monoisotopic (exact) mass is 392 g/mol. The second-order valence-corrected chi connectivity index (χ2v) is 6.62. The maximum Gasteiger partial charge on any atom is 0.332 e. The van der Waals surface area contributed by atoms with Crippen LogP contribution in [0.5, 0.6) is 5.75 Å². The second kappa shape index (κ2) is 8.83. The Labute approximate surface area is 161 Å². The smallest absolute Gasteiger partial charge is 0.332 e. The van der Waals surface area contributed by atoms with Gasteiger partial charge in [-0.15, -0.1) is 0 Å². The van der Waals surface area contributed by atoms with Crippen LogP contribution in [0.4, 0.5) is 10.2 Å². The largest absolute Gasteiger partial charge is 0.494 e. The molecular formula is C19H25FN4O4. The summed E-state index contributed by atoms with van der Waals surface area (Å²) in [5.41, 5.74) is 5.13. The van der Waals surface area contributed by atoms with Crippen LogP contribution >= 0.6 is 0 Å². The Bertz CT molecular complexity index is 997. The molecule has 1 aromatic heterocycles. The van der Waals surface area contributed by atoms with E-state index in [1.807, 2.05) is 6.92 Å². The number of carbonyl (C=O) groups excluding carboxylic acids is 1. The highest BCUT2D eigenvalue weighted by Gasteiger charge is 2.22. The van der Waals surface area contributed by atoms with Crippen molar-refractivity contribution in [3.05, 3.63) is 56.0 Å². The molecule has 0 unspecified atom stereocenters. The molecule has 152 valence electrons. The van der Waals surface area contributed by atoms with E-state index in [2.05, 4.69) is 0 Å². The molecule has 0 aliphatic heterocycles. The predicted molar refractivity (Wildman–Crippen MR) is 104 cm³/mol. The third-order valence-corrected chi connectivity index (χ3v) is 4.39. The Morgan fingerprint density at radius 2 is 2.00 bits per heavy atom. The number of rotatable bonds is 8. The van der Waals surface area contributed by atoms with Gasteiger partial charge in [0.25, 0.3) is 5.56 Å². The first-order valence-electron chi connectivity index (χ1n) is 8.84. The third-order valence-electron chi connectivity index (χ3n) is 4.39. The van der Waals surface area contributed by atoms with Crippen molar-refractivity contribution >= 4 is 11.6 Å². The highest BCUT2D eigenvalue weighted by molar-refractivity contribution is 6.01. The van der Waals surface area contributed by atoms with E-state index in [4.69, 9.17) is 10.5 Å². The first-order chi connectivity index (χ1) is 13.2. The number of likely N-dealkylation sites (N-methyl/N-ethyl adjacent to an activating group) is 1. The molecule has 0 amide bonds. The normalized spacial score (nSPS) is 11.1. The van der Waals surface area contributed by atoms with Gasteiger partial charge in [0.15, 0.2) is 17.3 Å². The van der Waals surface area contributed by atoms with Crippen molar-refractivity contribution in [3.8, 4) is 5.75 Å². The zero-order valence-electron chi connectivity index (χ0n) is 16.5. The van der Waals surface area contributed by atoms with Crippen molar-refractivity contribution in [2.24, 2.45) is 7.05 Å². The molecule has 1 aromatic carbocycles. The Morgan fingerprint density at radius 1 is 1.32 bits per heavy atom. The number of benzene rings is 1. The van der Waals surface area contributed by atoms with Gasteiger partial charge in [0, 0.05) is 20.1 Å². The summed E-state index contributed by atoms with van der Waals surface area (Å²) in [5, 5.41) is 0. The summed E-state index contributed by atoms with van der Waals surface area (Å²) >= 11 is 0. The molecule has 0 radical (unpaired) electrons. The van der Waals surface area contributed by atoms with Crippen LogP contribution in [0.1, 0.15) is 29.3 Å². The molecule has 2 aromatic rings. The standard InChI is InChI=1S/C19H25FN4O4/c1-5-8-24-17(21)16(18(26)23(3)19(24)27)14(25)11-22(2)10-12-6-7-15(28-4)13(20)9-12/h6-7,9H,5,8,10-11,21H2,1-4H3. The summed E-state index contributed by atoms with van der Waals surface area (Å²) in [6, 6.07) is 4.53. The van der Waals surface area contributed by atoms with Crippen LogP contribution in [0.25, 0.3) is 0 Å². The SMILES string of the molecule is CCCn1c(N)c(C(=O)CN(C)Cc2ccc(OC)c(F)c2)c(=O)n(C)c1=O. The molecule has 2 N–H and O–H groups in total. The Kier molecular flexibility index (Phi) is 6.74. The molecule has 0 fully saturated rings. The lowest BCUT2D eigenvalue weighted by atomic mass is 10.1. The van der Waals surface area contributed by atoms with Crippen LogP contribution in [-0.2, 0) is 20.1 Å². The second-order valence-electron chi connectivity index (χ2n) is 6.62. The fraction of sp³-hybridized carbons (Fsp3) is 0.421. The number of nitrogens with two attached hydrogens (primary N) is 1. The molecule has 2 rings (SSSR count). The number of ketones is 1. The number of hydrogen-bond donors (Lipinski definition) is 1. The fourth-order valence-corrected chi connectivity index (χ4v) is 2.99. The quantitative estimate of drug-likeness (QED) is 0.673. The van der Waals surface area contributed by atoms with Crippen molar-refractivity contribution in [1.29, 1.82) is 0 Å². The molecule has 28 heavy (non-hydrogen) atoms. The van der Waals surface area contributed by atoms with E-state index in [9.17, 15) is 18.8 Å². The molecule has 9 heteroatoms. The summed E-state index contributed by atoms with van der Waals surface area (Å²) in [4.78, 5) is 39.0. The van der Waals surface area contributed by atoms with Crippen LogP contribution < -0.4 is 21.7 Å². The van der Waals surface area contributed by atoms with Gasteiger partial charge in [-0.05, 0) is 31.2 Å². The van der Waals surface area contributed by atoms with Crippen molar-refractivity contribution in [2.75, 3.05) is 26.4 Å². The van der Waals surface area contributed by atoms with E-state index in [1.165, 1.54) is 30.9 Å². The average molecular weight is 392 g/mol. The summed E-state index contributed by atoms with van der Waals surface area (Å²) in [7, 11) is 4.37. The van der Waals surface area contributed by atoms with Crippen LogP contribution in [0.2, 0.25) is 0 Å². The summed E-state index contributed by atoms with van der Waals surface area (Å²) in [6.45, 7) is 2.33. The van der Waals surface area contributed by atoms with Gasteiger partial charge in [0.1, 0.15) is 11.4 Å². The van der Waals surface area contributed by atoms with Gasteiger partial charge < -0.3 is 10.5 Å². The maximum absolute atomic E-state index is 13.8. The maximum atomic E-state index is 13.8. The van der Waals surface area contributed by atoms with E-state index in [0.29, 0.717) is 18.5 Å². The molecule has 0 atom stereocenters. The van der Waals surface area contributed by atoms with Gasteiger partial charge >= 0.3 is 5.69 Å². The first kappa shape index (κ1) is 21.4. The Morgan fingerprint density at radius 3 is 2.57 bits per heavy atom. The molecule has 1 heterocycles. The van der Waals surface area contributed by atoms with Gasteiger partial charge in [-0.2, -0.15) is 0 Å². The molecule has 0 spiro atoms. The molecule has 0 aliphatic rings.